The van der Waals surface area contributed by atoms with Crippen molar-refractivity contribution in [3.8, 4) is 5.75 Å². The maximum Gasteiger partial charge on any atom is 0.208 e. The number of hydrogen-bond donors (Lipinski definition) is 1. The Hall–Kier alpha value is -1.11. The minimum atomic E-state index is -3.18. The summed E-state index contributed by atoms with van der Waals surface area (Å²) >= 11 is 0. The number of hydrogen-bond acceptors (Lipinski definition) is 4. The Morgan fingerprint density at radius 3 is 2.26 bits per heavy atom. The fourth-order valence-electron chi connectivity index (χ4n) is 1.78. The Balaban J connectivity index is 2.81. The molecule has 6 heteroatoms. The summed E-state index contributed by atoms with van der Waals surface area (Å²) in [5.74, 6) is 0.819. The van der Waals surface area contributed by atoms with E-state index in [0.717, 1.165) is 17.6 Å². The molecule has 0 aliphatic heterocycles. The normalized spacial score (nSPS) is 13.5. The molecular formula is C13H22N2O3S. The topological polar surface area (TPSA) is 58.6 Å². The molecule has 19 heavy (non-hydrogen) atoms. The van der Waals surface area contributed by atoms with Crippen LogP contribution in [0.25, 0.3) is 0 Å². The number of sulfonamides is 1. The summed E-state index contributed by atoms with van der Waals surface area (Å²) in [6.07, 6.45) is 1.16. The first-order valence-corrected chi connectivity index (χ1v) is 8.06. The highest BCUT2D eigenvalue weighted by atomic mass is 32.2. The number of ether oxygens (including phenoxy) is 1. The average molecular weight is 286 g/mol. The fraction of sp³-hybridized carbons (Fsp3) is 0.538. The van der Waals surface area contributed by atoms with Crippen molar-refractivity contribution in [3.05, 3.63) is 29.8 Å². The van der Waals surface area contributed by atoms with Gasteiger partial charge in [-0.25, -0.2) is 13.1 Å². The van der Waals surface area contributed by atoms with Gasteiger partial charge in [-0.05, 0) is 38.7 Å². The molecule has 108 valence electrons. The van der Waals surface area contributed by atoms with Crippen LogP contribution in [-0.4, -0.2) is 46.8 Å². The molecule has 0 amide bonds. The highest BCUT2D eigenvalue weighted by molar-refractivity contribution is 7.88. The lowest BCUT2D eigenvalue weighted by atomic mass is 10.1. The number of rotatable bonds is 7. The van der Waals surface area contributed by atoms with E-state index in [0.29, 0.717) is 13.2 Å². The third kappa shape index (κ3) is 5.59. The standard InChI is InChI=1S/C13H22N2O3S/c1-5-18-12-8-6-11(7-9-12)13(15(2)3)10-14-19(4,16)17/h6-9,13-14H,5,10H2,1-4H3. The van der Waals surface area contributed by atoms with E-state index >= 15 is 0 Å². The Kier molecular flexibility index (Phi) is 5.78. The zero-order valence-corrected chi connectivity index (χ0v) is 12.7. The second kappa shape index (κ2) is 6.88. The van der Waals surface area contributed by atoms with E-state index in [1.165, 1.54) is 0 Å². The molecule has 0 fully saturated rings. The van der Waals surface area contributed by atoms with Gasteiger partial charge in [0.15, 0.2) is 0 Å². The van der Waals surface area contributed by atoms with Crippen LogP contribution in [0.3, 0.4) is 0 Å². The zero-order valence-electron chi connectivity index (χ0n) is 11.9. The average Bonchev–Trinajstić information content (AvgIpc) is 2.30. The van der Waals surface area contributed by atoms with Crippen LogP contribution in [0.1, 0.15) is 18.5 Å². The third-order valence-electron chi connectivity index (χ3n) is 2.74. The molecule has 0 bridgehead atoms. The van der Waals surface area contributed by atoms with Gasteiger partial charge in [0.05, 0.1) is 12.9 Å². The summed E-state index contributed by atoms with van der Waals surface area (Å²) in [7, 11) is 0.665. The summed E-state index contributed by atoms with van der Waals surface area (Å²) < 4.78 is 30.3. The van der Waals surface area contributed by atoms with Gasteiger partial charge in [-0.2, -0.15) is 0 Å². The lowest BCUT2D eigenvalue weighted by molar-refractivity contribution is 0.298. The highest BCUT2D eigenvalue weighted by Gasteiger charge is 2.15. The Morgan fingerprint density at radius 2 is 1.84 bits per heavy atom. The predicted molar refractivity (Wildman–Crippen MR) is 76.9 cm³/mol. The molecule has 0 saturated heterocycles. The van der Waals surface area contributed by atoms with Crippen LogP contribution >= 0.6 is 0 Å². The van der Waals surface area contributed by atoms with Crippen LogP contribution < -0.4 is 9.46 Å². The van der Waals surface area contributed by atoms with Gasteiger partial charge in [-0.15, -0.1) is 0 Å². The molecule has 0 aliphatic carbocycles. The van der Waals surface area contributed by atoms with Gasteiger partial charge in [-0.1, -0.05) is 12.1 Å². The van der Waals surface area contributed by atoms with E-state index in [4.69, 9.17) is 4.74 Å². The highest BCUT2D eigenvalue weighted by Crippen LogP contribution is 2.21. The van der Waals surface area contributed by atoms with Crippen LogP contribution in [0.4, 0.5) is 0 Å². The Bertz CT molecular complexity index is 483. The quantitative estimate of drug-likeness (QED) is 0.819. The van der Waals surface area contributed by atoms with Crippen LogP contribution in [0, 0.1) is 0 Å². The molecule has 0 radical (unpaired) electrons. The molecule has 1 N–H and O–H groups in total. The fourth-order valence-corrected chi connectivity index (χ4v) is 2.24. The van der Waals surface area contributed by atoms with Gasteiger partial charge in [0.2, 0.25) is 10.0 Å². The van der Waals surface area contributed by atoms with Crippen molar-refractivity contribution in [3.63, 3.8) is 0 Å². The van der Waals surface area contributed by atoms with Crippen molar-refractivity contribution < 1.29 is 13.2 Å². The summed E-state index contributed by atoms with van der Waals surface area (Å²) in [5.41, 5.74) is 1.05. The van der Waals surface area contributed by atoms with Crippen LogP contribution in [0.5, 0.6) is 5.75 Å². The molecule has 1 aromatic rings. The lowest BCUT2D eigenvalue weighted by Gasteiger charge is -2.25. The summed E-state index contributed by atoms with van der Waals surface area (Å²) in [5, 5.41) is 0. The van der Waals surface area contributed by atoms with E-state index in [1.54, 1.807) is 0 Å². The molecule has 1 aromatic carbocycles. The van der Waals surface area contributed by atoms with Crippen LogP contribution in [0.15, 0.2) is 24.3 Å². The van der Waals surface area contributed by atoms with Gasteiger partial charge in [0.1, 0.15) is 5.75 Å². The number of benzene rings is 1. The Labute approximate surface area is 115 Å². The molecule has 0 heterocycles. The molecule has 1 rings (SSSR count). The molecule has 1 atom stereocenters. The second-order valence-corrected chi connectivity index (χ2v) is 6.44. The van der Waals surface area contributed by atoms with E-state index < -0.39 is 10.0 Å². The zero-order chi connectivity index (χ0) is 14.5. The molecule has 0 aromatic heterocycles. The largest absolute Gasteiger partial charge is 0.494 e. The van der Waals surface area contributed by atoms with E-state index in [1.807, 2.05) is 50.2 Å². The lowest BCUT2D eigenvalue weighted by Crippen LogP contribution is -2.33. The minimum absolute atomic E-state index is 0.00889. The van der Waals surface area contributed by atoms with Crippen molar-refractivity contribution in [1.29, 1.82) is 0 Å². The molecule has 0 saturated carbocycles. The summed E-state index contributed by atoms with van der Waals surface area (Å²) in [6, 6.07) is 7.70. The van der Waals surface area contributed by atoms with Crippen molar-refractivity contribution in [1.82, 2.24) is 9.62 Å². The van der Waals surface area contributed by atoms with E-state index in [9.17, 15) is 8.42 Å². The first-order chi connectivity index (χ1) is 8.83. The molecular weight excluding hydrogens is 264 g/mol. The minimum Gasteiger partial charge on any atom is -0.494 e. The number of nitrogens with zero attached hydrogens (tertiary/aromatic N) is 1. The monoisotopic (exact) mass is 286 g/mol. The smallest absolute Gasteiger partial charge is 0.208 e. The first kappa shape index (κ1) is 15.9. The van der Waals surface area contributed by atoms with Gasteiger partial charge >= 0.3 is 0 Å². The number of nitrogens with one attached hydrogen (secondary N) is 1. The van der Waals surface area contributed by atoms with Crippen molar-refractivity contribution >= 4 is 10.0 Å². The van der Waals surface area contributed by atoms with E-state index in [2.05, 4.69) is 4.72 Å². The summed E-state index contributed by atoms with van der Waals surface area (Å²) in [4.78, 5) is 1.98. The van der Waals surface area contributed by atoms with Crippen molar-refractivity contribution in [2.75, 3.05) is 33.5 Å². The van der Waals surface area contributed by atoms with Crippen LogP contribution in [-0.2, 0) is 10.0 Å². The molecule has 5 nitrogen and oxygen atoms in total. The van der Waals surface area contributed by atoms with E-state index in [-0.39, 0.29) is 6.04 Å². The van der Waals surface area contributed by atoms with Gasteiger partial charge < -0.3 is 9.64 Å². The van der Waals surface area contributed by atoms with Gasteiger partial charge in [0, 0.05) is 12.6 Å². The summed E-state index contributed by atoms with van der Waals surface area (Å²) in [6.45, 7) is 2.92. The first-order valence-electron chi connectivity index (χ1n) is 6.17. The maximum absolute atomic E-state index is 11.2. The molecule has 0 spiro atoms. The number of likely N-dealkylation sites (N-methyl/N-ethyl adjacent to an activating group) is 1. The van der Waals surface area contributed by atoms with Crippen molar-refractivity contribution in [2.45, 2.75) is 13.0 Å². The van der Waals surface area contributed by atoms with Crippen LogP contribution in [0.2, 0.25) is 0 Å². The molecule has 1 unspecified atom stereocenters. The third-order valence-corrected chi connectivity index (χ3v) is 3.43. The Morgan fingerprint density at radius 1 is 1.26 bits per heavy atom. The maximum atomic E-state index is 11.2. The molecule has 0 aliphatic rings. The second-order valence-electron chi connectivity index (χ2n) is 4.60. The predicted octanol–water partition coefficient (Wildman–Crippen LogP) is 1.24. The SMILES string of the molecule is CCOc1ccc(C(CNS(C)(=O)=O)N(C)C)cc1. The van der Waals surface area contributed by atoms with Gasteiger partial charge in [0.25, 0.3) is 0 Å². The van der Waals surface area contributed by atoms with Crippen molar-refractivity contribution in [2.24, 2.45) is 0 Å². The van der Waals surface area contributed by atoms with Gasteiger partial charge in [-0.3, -0.25) is 0 Å².